The molecule has 1 N–H and O–H groups in total. The molecule has 1 amide bonds. The Hall–Kier alpha value is -4.00. The molecule has 0 radical (unpaired) electrons. The summed E-state index contributed by atoms with van der Waals surface area (Å²) in [6.07, 6.45) is 0. The minimum atomic E-state index is -0.373. The van der Waals surface area contributed by atoms with Crippen molar-refractivity contribution in [3.05, 3.63) is 89.7 Å². The molecule has 3 aromatic carbocycles. The van der Waals surface area contributed by atoms with Crippen molar-refractivity contribution in [3.63, 3.8) is 0 Å². The van der Waals surface area contributed by atoms with E-state index < -0.39 is 0 Å². The molecule has 0 saturated carbocycles. The van der Waals surface area contributed by atoms with E-state index >= 15 is 0 Å². The van der Waals surface area contributed by atoms with E-state index in [-0.39, 0.29) is 17.6 Å². The first kappa shape index (κ1) is 19.3. The fourth-order valence-corrected chi connectivity index (χ4v) is 2.98. The van der Waals surface area contributed by atoms with Crippen LogP contribution in [-0.4, -0.2) is 23.2 Å². The standard InChI is InChI=1S/C23H18FN3O3/c1-29-20-8-3-2-5-18(20)14-25-22(28)15-9-11-16(12-10-15)23-26-21(27-30-23)17-6-4-7-19(24)13-17/h2-13H,14H2,1H3,(H,25,28). The highest BCUT2D eigenvalue weighted by Gasteiger charge is 2.13. The number of nitrogens with zero attached hydrogens (tertiary/aromatic N) is 2. The van der Waals surface area contributed by atoms with Crippen LogP contribution in [0, 0.1) is 5.82 Å². The number of amides is 1. The zero-order valence-electron chi connectivity index (χ0n) is 16.1. The lowest BCUT2D eigenvalue weighted by molar-refractivity contribution is 0.0950. The molecule has 1 aromatic heterocycles. The van der Waals surface area contributed by atoms with Crippen LogP contribution in [0.25, 0.3) is 22.8 Å². The summed E-state index contributed by atoms with van der Waals surface area (Å²) in [5.41, 5.74) is 2.57. The minimum absolute atomic E-state index is 0.210. The molecule has 0 fully saturated rings. The monoisotopic (exact) mass is 403 g/mol. The van der Waals surface area contributed by atoms with Gasteiger partial charge in [0.05, 0.1) is 7.11 Å². The highest BCUT2D eigenvalue weighted by Crippen LogP contribution is 2.23. The summed E-state index contributed by atoms with van der Waals surface area (Å²) in [7, 11) is 1.59. The minimum Gasteiger partial charge on any atom is -0.496 e. The van der Waals surface area contributed by atoms with E-state index in [1.807, 2.05) is 24.3 Å². The molecule has 30 heavy (non-hydrogen) atoms. The van der Waals surface area contributed by atoms with Crippen molar-refractivity contribution >= 4 is 5.91 Å². The van der Waals surface area contributed by atoms with Gasteiger partial charge in [-0.3, -0.25) is 4.79 Å². The first-order valence-electron chi connectivity index (χ1n) is 9.24. The number of ether oxygens (including phenoxy) is 1. The van der Waals surface area contributed by atoms with Gasteiger partial charge in [-0.05, 0) is 42.5 Å². The smallest absolute Gasteiger partial charge is 0.258 e. The average Bonchev–Trinajstić information content (AvgIpc) is 3.28. The number of nitrogens with one attached hydrogen (secondary N) is 1. The molecular weight excluding hydrogens is 385 g/mol. The van der Waals surface area contributed by atoms with Crippen LogP contribution >= 0.6 is 0 Å². The third-order valence-electron chi connectivity index (χ3n) is 4.53. The molecule has 150 valence electrons. The van der Waals surface area contributed by atoms with E-state index in [1.165, 1.54) is 12.1 Å². The van der Waals surface area contributed by atoms with E-state index in [4.69, 9.17) is 9.26 Å². The largest absolute Gasteiger partial charge is 0.496 e. The van der Waals surface area contributed by atoms with E-state index in [0.717, 1.165) is 11.3 Å². The molecule has 1 heterocycles. The number of rotatable bonds is 6. The SMILES string of the molecule is COc1ccccc1CNC(=O)c1ccc(-c2nc(-c3cccc(F)c3)no2)cc1. The van der Waals surface area contributed by atoms with Gasteiger partial charge in [0.15, 0.2) is 0 Å². The van der Waals surface area contributed by atoms with Crippen LogP contribution < -0.4 is 10.1 Å². The van der Waals surface area contributed by atoms with Gasteiger partial charge >= 0.3 is 0 Å². The molecule has 0 aliphatic rings. The maximum Gasteiger partial charge on any atom is 0.258 e. The van der Waals surface area contributed by atoms with E-state index in [1.54, 1.807) is 43.5 Å². The quantitative estimate of drug-likeness (QED) is 0.514. The summed E-state index contributed by atoms with van der Waals surface area (Å²) < 4.78 is 24.0. The molecule has 0 bridgehead atoms. The normalized spacial score (nSPS) is 10.6. The lowest BCUT2D eigenvalue weighted by Crippen LogP contribution is -2.22. The molecule has 0 spiro atoms. The lowest BCUT2D eigenvalue weighted by Gasteiger charge is -2.09. The van der Waals surface area contributed by atoms with Gasteiger partial charge in [0.2, 0.25) is 5.82 Å². The third-order valence-corrected chi connectivity index (χ3v) is 4.53. The summed E-state index contributed by atoms with van der Waals surface area (Å²) in [6, 6.07) is 20.3. The average molecular weight is 403 g/mol. The highest BCUT2D eigenvalue weighted by molar-refractivity contribution is 5.94. The predicted molar refractivity (Wildman–Crippen MR) is 109 cm³/mol. The maximum atomic E-state index is 13.4. The Balaban J connectivity index is 1.44. The Bertz CT molecular complexity index is 1170. The van der Waals surface area contributed by atoms with E-state index in [9.17, 15) is 9.18 Å². The lowest BCUT2D eigenvalue weighted by atomic mass is 10.1. The van der Waals surface area contributed by atoms with Crippen molar-refractivity contribution < 1.29 is 18.4 Å². The number of benzene rings is 3. The topological polar surface area (TPSA) is 77.2 Å². The van der Waals surface area contributed by atoms with E-state index in [0.29, 0.717) is 29.1 Å². The van der Waals surface area contributed by atoms with Gasteiger partial charge in [-0.2, -0.15) is 4.98 Å². The van der Waals surface area contributed by atoms with Crippen molar-refractivity contribution in [2.75, 3.05) is 7.11 Å². The number of hydrogen-bond acceptors (Lipinski definition) is 5. The number of halogens is 1. The number of methoxy groups -OCH3 is 1. The maximum absolute atomic E-state index is 13.4. The number of hydrogen-bond donors (Lipinski definition) is 1. The molecule has 0 unspecified atom stereocenters. The van der Waals surface area contributed by atoms with Gasteiger partial charge in [0, 0.05) is 28.8 Å². The van der Waals surface area contributed by atoms with Crippen molar-refractivity contribution in [2.24, 2.45) is 0 Å². The van der Waals surface area contributed by atoms with Gasteiger partial charge < -0.3 is 14.6 Å². The number of carbonyl (C=O) groups is 1. The number of aromatic nitrogens is 2. The second-order valence-electron chi connectivity index (χ2n) is 6.51. The molecule has 0 aliphatic heterocycles. The van der Waals surface area contributed by atoms with Gasteiger partial charge in [0.25, 0.3) is 11.8 Å². The molecule has 0 aliphatic carbocycles. The first-order chi connectivity index (χ1) is 14.6. The van der Waals surface area contributed by atoms with Crippen LogP contribution in [0.15, 0.2) is 77.3 Å². The van der Waals surface area contributed by atoms with Crippen LogP contribution in [0.1, 0.15) is 15.9 Å². The Labute approximate surface area is 172 Å². The van der Waals surface area contributed by atoms with Crippen LogP contribution in [0.4, 0.5) is 4.39 Å². The molecule has 4 aromatic rings. The highest BCUT2D eigenvalue weighted by atomic mass is 19.1. The van der Waals surface area contributed by atoms with Gasteiger partial charge in [-0.25, -0.2) is 4.39 Å². The number of carbonyl (C=O) groups excluding carboxylic acids is 1. The third kappa shape index (κ3) is 4.20. The van der Waals surface area contributed by atoms with Crippen molar-refractivity contribution in [3.8, 4) is 28.6 Å². The Morgan fingerprint density at radius 3 is 2.60 bits per heavy atom. The molecule has 4 rings (SSSR count). The van der Waals surface area contributed by atoms with Crippen LogP contribution in [0.2, 0.25) is 0 Å². The molecule has 6 nitrogen and oxygen atoms in total. The molecular formula is C23H18FN3O3. The number of para-hydroxylation sites is 1. The summed E-state index contributed by atoms with van der Waals surface area (Å²) in [6.45, 7) is 0.352. The molecule has 0 atom stereocenters. The molecule has 7 heteroatoms. The van der Waals surface area contributed by atoms with Gasteiger partial charge in [-0.15, -0.1) is 0 Å². The first-order valence-corrected chi connectivity index (χ1v) is 9.24. The summed E-state index contributed by atoms with van der Waals surface area (Å²) in [5.74, 6) is 0.720. The predicted octanol–water partition coefficient (Wildman–Crippen LogP) is 4.48. The van der Waals surface area contributed by atoms with Gasteiger partial charge in [0.1, 0.15) is 11.6 Å². The fraction of sp³-hybridized carbons (Fsp3) is 0.0870. The molecule has 0 saturated heterocycles. The van der Waals surface area contributed by atoms with Crippen molar-refractivity contribution in [2.45, 2.75) is 6.54 Å². The second-order valence-corrected chi connectivity index (χ2v) is 6.51. The van der Waals surface area contributed by atoms with Crippen LogP contribution in [0.5, 0.6) is 5.75 Å². The Kier molecular flexibility index (Phi) is 5.52. The van der Waals surface area contributed by atoms with Crippen molar-refractivity contribution in [1.82, 2.24) is 15.5 Å². The van der Waals surface area contributed by atoms with Gasteiger partial charge in [-0.1, -0.05) is 35.5 Å². The second kappa shape index (κ2) is 8.57. The Morgan fingerprint density at radius 2 is 1.83 bits per heavy atom. The van der Waals surface area contributed by atoms with Crippen molar-refractivity contribution in [1.29, 1.82) is 0 Å². The van der Waals surface area contributed by atoms with Crippen LogP contribution in [0.3, 0.4) is 0 Å². The summed E-state index contributed by atoms with van der Waals surface area (Å²) >= 11 is 0. The fourth-order valence-electron chi connectivity index (χ4n) is 2.98. The van der Waals surface area contributed by atoms with E-state index in [2.05, 4.69) is 15.5 Å². The zero-order valence-corrected chi connectivity index (χ0v) is 16.1. The summed E-state index contributed by atoms with van der Waals surface area (Å²) in [4.78, 5) is 16.8. The zero-order chi connectivity index (χ0) is 20.9. The van der Waals surface area contributed by atoms with Crippen LogP contribution in [-0.2, 0) is 6.54 Å². The Morgan fingerprint density at radius 1 is 1.03 bits per heavy atom. The summed E-state index contributed by atoms with van der Waals surface area (Å²) in [5, 5.41) is 6.77.